The third kappa shape index (κ3) is 9.56. The van der Waals surface area contributed by atoms with Crippen molar-refractivity contribution in [3.05, 3.63) is 53.6 Å². The lowest BCUT2D eigenvalue weighted by Gasteiger charge is -2.18. The molecule has 0 spiro atoms. The lowest BCUT2D eigenvalue weighted by molar-refractivity contribution is -0.137. The summed E-state index contributed by atoms with van der Waals surface area (Å²) in [5.74, 6) is 0.0557. The van der Waals surface area contributed by atoms with E-state index in [4.69, 9.17) is 14.6 Å². The molecule has 6 heteroatoms. The molecule has 186 valence electrons. The Balaban J connectivity index is 2.11. The summed E-state index contributed by atoms with van der Waals surface area (Å²) >= 11 is 0. The smallest absolute Gasteiger partial charge is 0.303 e. The molecule has 2 aromatic carbocycles. The number of aliphatic carboxylic acids is 1. The summed E-state index contributed by atoms with van der Waals surface area (Å²) in [4.78, 5) is 25.3. The highest BCUT2D eigenvalue weighted by Gasteiger charge is 2.12. The van der Waals surface area contributed by atoms with Crippen LogP contribution in [0.1, 0.15) is 63.0 Å². The Morgan fingerprint density at radius 3 is 2.47 bits per heavy atom. The van der Waals surface area contributed by atoms with Crippen molar-refractivity contribution in [3.63, 3.8) is 0 Å². The third-order valence-corrected chi connectivity index (χ3v) is 5.80. The topological polar surface area (TPSA) is 76.1 Å². The van der Waals surface area contributed by atoms with Crippen molar-refractivity contribution in [2.75, 3.05) is 27.4 Å². The second-order valence-corrected chi connectivity index (χ2v) is 8.68. The molecule has 1 N–H and O–H groups in total. The van der Waals surface area contributed by atoms with Crippen LogP contribution >= 0.6 is 0 Å². The largest absolute Gasteiger partial charge is 0.491 e. The summed E-state index contributed by atoms with van der Waals surface area (Å²) in [6.45, 7) is 3.61. The van der Waals surface area contributed by atoms with E-state index in [1.807, 2.05) is 43.4 Å². The molecule has 0 saturated heterocycles. The number of rotatable bonds is 16. The molecule has 0 aliphatic carbocycles. The summed E-state index contributed by atoms with van der Waals surface area (Å²) in [7, 11) is 3.48. The molecule has 0 aromatic heterocycles. The molecule has 0 bridgehead atoms. The van der Waals surface area contributed by atoms with Crippen LogP contribution in [0.4, 0.5) is 0 Å². The van der Waals surface area contributed by atoms with E-state index in [0.717, 1.165) is 35.1 Å². The van der Waals surface area contributed by atoms with Gasteiger partial charge < -0.3 is 19.5 Å². The first-order valence-corrected chi connectivity index (χ1v) is 12.2. The quantitative estimate of drug-likeness (QED) is 0.319. The summed E-state index contributed by atoms with van der Waals surface area (Å²) in [5.41, 5.74) is 3.90. The standard InChI is InChI=1S/C28H39NO5/c1-4-5-6-7-8-12-27(30)29(2)21-23-10-9-11-24(19-23)25-15-13-22(14-16-28(31)32)20-26(25)34-18-17-33-3/h9-11,13,15,19-20H,4-8,12,14,16-18,21H2,1-3H3,(H,31,32). The average Bonchev–Trinajstić information content (AvgIpc) is 2.83. The van der Waals surface area contributed by atoms with Crippen LogP contribution in [0.25, 0.3) is 11.1 Å². The fourth-order valence-electron chi connectivity index (χ4n) is 3.84. The van der Waals surface area contributed by atoms with E-state index < -0.39 is 5.97 Å². The van der Waals surface area contributed by atoms with Crippen LogP contribution in [-0.4, -0.2) is 49.3 Å². The van der Waals surface area contributed by atoms with Gasteiger partial charge in [-0.25, -0.2) is 0 Å². The lowest BCUT2D eigenvalue weighted by atomic mass is 9.99. The van der Waals surface area contributed by atoms with Crippen LogP contribution in [-0.2, 0) is 27.3 Å². The van der Waals surface area contributed by atoms with Gasteiger partial charge in [0.25, 0.3) is 0 Å². The molecule has 1 amide bonds. The number of carbonyl (C=O) groups is 2. The van der Waals surface area contributed by atoms with Gasteiger partial charge in [0.05, 0.1) is 6.61 Å². The predicted octanol–water partition coefficient (Wildman–Crippen LogP) is 5.71. The number of carboxylic acids is 1. The predicted molar refractivity (Wildman–Crippen MR) is 135 cm³/mol. The Labute approximate surface area is 203 Å². The van der Waals surface area contributed by atoms with Gasteiger partial charge in [0, 0.05) is 39.1 Å². The second kappa shape index (κ2) is 15.1. The number of benzene rings is 2. The van der Waals surface area contributed by atoms with Gasteiger partial charge >= 0.3 is 5.97 Å². The number of hydrogen-bond acceptors (Lipinski definition) is 4. The van der Waals surface area contributed by atoms with Crippen LogP contribution in [0.5, 0.6) is 5.75 Å². The van der Waals surface area contributed by atoms with Gasteiger partial charge in [0.2, 0.25) is 5.91 Å². The minimum absolute atomic E-state index is 0.0747. The molecule has 0 atom stereocenters. The molecule has 34 heavy (non-hydrogen) atoms. The van der Waals surface area contributed by atoms with E-state index in [0.29, 0.717) is 38.3 Å². The Kier molecular flexibility index (Phi) is 12.2. The van der Waals surface area contributed by atoms with Gasteiger partial charge in [-0.1, -0.05) is 62.9 Å². The number of hydrogen-bond donors (Lipinski definition) is 1. The maximum atomic E-state index is 12.5. The zero-order chi connectivity index (χ0) is 24.8. The minimum atomic E-state index is -0.821. The second-order valence-electron chi connectivity index (χ2n) is 8.68. The minimum Gasteiger partial charge on any atom is -0.491 e. The Morgan fingerprint density at radius 1 is 0.941 bits per heavy atom. The molecule has 2 aromatic rings. The molecule has 0 unspecified atom stereocenters. The number of carbonyl (C=O) groups excluding carboxylic acids is 1. The van der Waals surface area contributed by atoms with Crippen molar-refractivity contribution in [2.45, 2.75) is 64.8 Å². The summed E-state index contributed by atoms with van der Waals surface area (Å²) < 4.78 is 11.1. The SMILES string of the molecule is CCCCCCCC(=O)N(C)Cc1cccc(-c2ccc(CCC(=O)O)cc2OCCOC)c1. The zero-order valence-electron chi connectivity index (χ0n) is 20.8. The number of methoxy groups -OCH3 is 1. The van der Waals surface area contributed by atoms with E-state index in [1.165, 1.54) is 19.3 Å². The van der Waals surface area contributed by atoms with E-state index in [-0.39, 0.29) is 12.3 Å². The number of amides is 1. The van der Waals surface area contributed by atoms with Crippen molar-refractivity contribution in [1.82, 2.24) is 4.90 Å². The molecule has 0 aliphatic heterocycles. The first kappa shape index (κ1) is 27.4. The summed E-state index contributed by atoms with van der Waals surface area (Å²) in [6, 6.07) is 14.0. The molecule has 0 heterocycles. The maximum Gasteiger partial charge on any atom is 0.303 e. The molecule has 0 fully saturated rings. The Bertz CT molecular complexity index is 911. The third-order valence-electron chi connectivity index (χ3n) is 5.80. The van der Waals surface area contributed by atoms with Crippen LogP contribution in [0.3, 0.4) is 0 Å². The van der Waals surface area contributed by atoms with Gasteiger partial charge in [-0.2, -0.15) is 0 Å². The molecule has 2 rings (SSSR count). The fourth-order valence-corrected chi connectivity index (χ4v) is 3.84. The summed E-state index contributed by atoms with van der Waals surface area (Å²) in [6.07, 6.45) is 6.79. The van der Waals surface area contributed by atoms with Crippen molar-refractivity contribution < 1.29 is 24.2 Å². The van der Waals surface area contributed by atoms with Gasteiger partial charge in [-0.3, -0.25) is 9.59 Å². The van der Waals surface area contributed by atoms with E-state index in [2.05, 4.69) is 13.0 Å². The van der Waals surface area contributed by atoms with Crippen LogP contribution in [0.2, 0.25) is 0 Å². The average molecular weight is 470 g/mol. The van der Waals surface area contributed by atoms with Crippen molar-refractivity contribution in [3.8, 4) is 16.9 Å². The number of nitrogens with zero attached hydrogens (tertiary/aromatic N) is 1. The number of aryl methyl sites for hydroxylation is 1. The molecule has 6 nitrogen and oxygen atoms in total. The Hall–Kier alpha value is -2.86. The van der Waals surface area contributed by atoms with Gasteiger partial charge in [0.1, 0.15) is 12.4 Å². The molecule has 0 radical (unpaired) electrons. The van der Waals surface area contributed by atoms with Crippen LogP contribution < -0.4 is 4.74 Å². The summed E-state index contributed by atoms with van der Waals surface area (Å²) in [5, 5.41) is 9.00. The number of unbranched alkanes of at least 4 members (excludes halogenated alkanes) is 4. The number of ether oxygens (including phenoxy) is 2. The zero-order valence-corrected chi connectivity index (χ0v) is 20.8. The first-order chi connectivity index (χ1) is 16.4. The molecular weight excluding hydrogens is 430 g/mol. The van der Waals surface area contributed by atoms with Crippen molar-refractivity contribution in [2.24, 2.45) is 0 Å². The highest BCUT2D eigenvalue weighted by molar-refractivity contribution is 5.76. The lowest BCUT2D eigenvalue weighted by Crippen LogP contribution is -2.25. The van der Waals surface area contributed by atoms with Crippen LogP contribution in [0.15, 0.2) is 42.5 Å². The normalized spacial score (nSPS) is 10.8. The number of carboxylic acid groups (broad SMARTS) is 1. The Morgan fingerprint density at radius 2 is 1.74 bits per heavy atom. The molecule has 0 aliphatic rings. The highest BCUT2D eigenvalue weighted by atomic mass is 16.5. The molecule has 0 saturated carbocycles. The maximum absolute atomic E-state index is 12.5. The van der Waals surface area contributed by atoms with Crippen molar-refractivity contribution in [1.29, 1.82) is 0 Å². The van der Waals surface area contributed by atoms with Gasteiger partial charge in [0.15, 0.2) is 0 Å². The highest BCUT2D eigenvalue weighted by Crippen LogP contribution is 2.32. The van der Waals surface area contributed by atoms with E-state index in [1.54, 1.807) is 12.0 Å². The molecular formula is C28H39NO5. The van der Waals surface area contributed by atoms with E-state index >= 15 is 0 Å². The van der Waals surface area contributed by atoms with Gasteiger partial charge in [-0.15, -0.1) is 0 Å². The fraction of sp³-hybridized carbons (Fsp3) is 0.500. The van der Waals surface area contributed by atoms with Crippen LogP contribution in [0, 0.1) is 0 Å². The monoisotopic (exact) mass is 469 g/mol. The van der Waals surface area contributed by atoms with E-state index in [9.17, 15) is 9.59 Å². The van der Waals surface area contributed by atoms with Gasteiger partial charge in [-0.05, 0) is 41.7 Å². The van der Waals surface area contributed by atoms with Crippen molar-refractivity contribution >= 4 is 11.9 Å². The first-order valence-electron chi connectivity index (χ1n) is 12.2.